The summed E-state index contributed by atoms with van der Waals surface area (Å²) >= 11 is 3.80. The third-order valence-corrected chi connectivity index (χ3v) is 4.74. The molecule has 2 aromatic heterocycles. The summed E-state index contributed by atoms with van der Waals surface area (Å²) < 4.78 is 0. The molecule has 0 aliphatic rings. The van der Waals surface area contributed by atoms with E-state index in [1.807, 2.05) is 0 Å². The van der Waals surface area contributed by atoms with Gasteiger partial charge in [0.2, 0.25) is 5.95 Å². The van der Waals surface area contributed by atoms with E-state index in [4.69, 9.17) is 21.7 Å². The molecular weight excluding hydrogens is 492 g/mol. The first-order chi connectivity index (χ1) is 17.1. The van der Waals surface area contributed by atoms with Crippen molar-refractivity contribution in [2.45, 2.75) is 25.4 Å². The van der Waals surface area contributed by atoms with Crippen molar-refractivity contribution < 1.29 is 24.6 Å². The summed E-state index contributed by atoms with van der Waals surface area (Å²) in [5, 5.41) is 23.2. The zero-order chi connectivity index (χ0) is 26.7. The van der Waals surface area contributed by atoms with Crippen LogP contribution in [0.1, 0.15) is 28.9 Å². The number of hydrogen-bond acceptors (Lipinski definition) is 11. The Morgan fingerprint density at radius 2 is 1.81 bits per heavy atom. The van der Waals surface area contributed by atoms with Crippen molar-refractivity contribution in [2.75, 3.05) is 23.3 Å². The molecule has 3 aromatic rings. The molecule has 36 heavy (non-hydrogen) atoms. The Labute approximate surface area is 210 Å². The first-order valence-corrected chi connectivity index (χ1v) is 11.2. The van der Waals surface area contributed by atoms with E-state index >= 15 is 0 Å². The van der Waals surface area contributed by atoms with Crippen molar-refractivity contribution in [2.24, 2.45) is 5.73 Å². The van der Waals surface area contributed by atoms with Crippen LogP contribution < -0.4 is 27.7 Å². The van der Waals surface area contributed by atoms with Crippen LogP contribution in [0.5, 0.6) is 0 Å². The number of nitrogens with zero attached hydrogens (tertiary/aromatic N) is 3. The van der Waals surface area contributed by atoms with Crippen LogP contribution in [-0.2, 0) is 16.1 Å². The third-order valence-electron chi connectivity index (χ3n) is 4.49. The van der Waals surface area contributed by atoms with Crippen molar-refractivity contribution >= 4 is 53.3 Å². The minimum Gasteiger partial charge on any atom is -0.481 e. The number of carbonyl (C=O) groups is 3. The van der Waals surface area contributed by atoms with Crippen LogP contribution >= 0.6 is 12.6 Å². The Balaban J connectivity index is 0.00000106. The molecule has 192 valence electrons. The maximum absolute atomic E-state index is 12.3. The second-order valence-electron chi connectivity index (χ2n) is 7.22. The van der Waals surface area contributed by atoms with Gasteiger partial charge in [-0.2, -0.15) is 17.6 Å². The van der Waals surface area contributed by atoms with Gasteiger partial charge in [0, 0.05) is 30.0 Å². The molecular formula is C21H26N8O6S. The molecule has 1 aromatic carbocycles. The fourth-order valence-electron chi connectivity index (χ4n) is 2.75. The van der Waals surface area contributed by atoms with Gasteiger partial charge in [0.1, 0.15) is 6.04 Å². The highest BCUT2D eigenvalue weighted by Crippen LogP contribution is 2.12. The molecule has 0 fully saturated rings. The molecule has 0 aliphatic heterocycles. The van der Waals surface area contributed by atoms with E-state index in [2.05, 4.69) is 43.2 Å². The Hall–Kier alpha value is -4.24. The van der Waals surface area contributed by atoms with E-state index in [0.29, 0.717) is 17.9 Å². The van der Waals surface area contributed by atoms with E-state index < -0.39 is 29.4 Å². The lowest BCUT2D eigenvalue weighted by Gasteiger charge is -2.14. The Morgan fingerprint density at radius 3 is 2.39 bits per heavy atom. The number of nitrogens with two attached hydrogens (primary N) is 2. The quantitative estimate of drug-likeness (QED) is 0.163. The highest BCUT2D eigenvalue weighted by molar-refractivity contribution is 7.80. The van der Waals surface area contributed by atoms with Crippen LogP contribution in [0.2, 0.25) is 0 Å². The minimum absolute atomic E-state index is 0.0524. The topological polar surface area (TPSA) is 239 Å². The summed E-state index contributed by atoms with van der Waals surface area (Å²) in [4.78, 5) is 60.6. The van der Waals surface area contributed by atoms with Crippen LogP contribution in [0.3, 0.4) is 0 Å². The van der Waals surface area contributed by atoms with Gasteiger partial charge in [0.05, 0.1) is 18.4 Å². The molecule has 14 nitrogen and oxygen atoms in total. The maximum atomic E-state index is 12.3. The van der Waals surface area contributed by atoms with Gasteiger partial charge in [-0.25, -0.2) is 14.8 Å². The molecule has 1 unspecified atom stereocenters. The number of hydrogen-bond donors (Lipinski definition) is 8. The van der Waals surface area contributed by atoms with Gasteiger partial charge in [0.25, 0.3) is 11.5 Å². The average Bonchev–Trinajstić information content (AvgIpc) is 2.85. The van der Waals surface area contributed by atoms with Crippen molar-refractivity contribution in [3.8, 4) is 0 Å². The van der Waals surface area contributed by atoms with Crippen molar-refractivity contribution in [1.29, 1.82) is 0 Å². The molecule has 1 atom stereocenters. The molecule has 3 rings (SSSR count). The zero-order valence-electron chi connectivity index (χ0n) is 19.0. The molecule has 15 heteroatoms. The highest BCUT2D eigenvalue weighted by atomic mass is 32.1. The largest absolute Gasteiger partial charge is 0.481 e. The summed E-state index contributed by atoms with van der Waals surface area (Å²) in [5.74, 6) is -2.36. The van der Waals surface area contributed by atoms with Gasteiger partial charge >= 0.3 is 11.9 Å². The molecule has 0 saturated heterocycles. The van der Waals surface area contributed by atoms with Crippen LogP contribution in [0.4, 0.5) is 11.6 Å². The van der Waals surface area contributed by atoms with Crippen LogP contribution in [-0.4, -0.2) is 66.3 Å². The van der Waals surface area contributed by atoms with E-state index in [0.717, 1.165) is 5.75 Å². The number of aromatic amines is 1. The minimum atomic E-state index is -1.31. The number of H-pyrrole nitrogens is 1. The lowest BCUT2D eigenvalue weighted by molar-refractivity contribution is -0.140. The fourth-order valence-corrected chi connectivity index (χ4v) is 2.75. The lowest BCUT2D eigenvalue weighted by atomic mass is 10.1. The average molecular weight is 519 g/mol. The smallest absolute Gasteiger partial charge is 0.326 e. The lowest BCUT2D eigenvalue weighted by Crippen LogP contribution is -2.41. The summed E-state index contributed by atoms with van der Waals surface area (Å²) in [7, 11) is 0. The molecule has 0 saturated carbocycles. The number of thiol groups is 1. The Kier molecular flexibility index (Phi) is 10.6. The van der Waals surface area contributed by atoms with Crippen LogP contribution in [0, 0.1) is 0 Å². The summed E-state index contributed by atoms with van der Waals surface area (Å²) in [6, 6.07) is 4.86. The fraction of sp³-hybridized carbons (Fsp3) is 0.286. The number of nitrogen functional groups attached to an aromatic ring is 1. The zero-order valence-corrected chi connectivity index (χ0v) is 19.9. The number of fused-ring (bicyclic) bond motifs is 1. The van der Waals surface area contributed by atoms with Gasteiger partial charge in [-0.3, -0.25) is 19.4 Å². The van der Waals surface area contributed by atoms with Crippen molar-refractivity contribution in [3.05, 3.63) is 52.1 Å². The number of nitrogens with one attached hydrogen (secondary N) is 3. The standard InChI is InChI=1S/C19H19N7O6.C2H7NS/c20-19-25-15-14(17(30)26-19)23-11(8-22-15)7-21-10-3-1-9(2-4-10)16(29)24-12(18(31)32)5-6-13(27)28;3-1-2-4/h1-4,8,12,21H,5-7H2,(H,24,29)(H,27,28)(H,31,32)(H3,20,22,25,26,30);4H,1-3H2. The Morgan fingerprint density at radius 1 is 1.14 bits per heavy atom. The van der Waals surface area contributed by atoms with Gasteiger partial charge in [0.15, 0.2) is 11.2 Å². The summed E-state index contributed by atoms with van der Waals surface area (Å²) in [5.41, 5.74) is 11.4. The molecule has 0 radical (unpaired) electrons. The second kappa shape index (κ2) is 13.6. The monoisotopic (exact) mass is 518 g/mol. The number of carboxylic acids is 2. The van der Waals surface area contributed by atoms with E-state index in [1.165, 1.54) is 18.3 Å². The number of carbonyl (C=O) groups excluding carboxylic acids is 1. The maximum Gasteiger partial charge on any atom is 0.326 e. The molecule has 0 aliphatic carbocycles. The number of rotatable bonds is 10. The van der Waals surface area contributed by atoms with E-state index in [1.54, 1.807) is 12.1 Å². The van der Waals surface area contributed by atoms with Gasteiger partial charge in [-0.05, 0) is 30.7 Å². The number of aliphatic carboxylic acids is 2. The molecule has 2 heterocycles. The third kappa shape index (κ3) is 8.52. The van der Waals surface area contributed by atoms with Crippen molar-refractivity contribution in [1.82, 2.24) is 25.3 Å². The predicted molar refractivity (Wildman–Crippen MR) is 135 cm³/mol. The number of amides is 1. The van der Waals surface area contributed by atoms with Crippen molar-refractivity contribution in [3.63, 3.8) is 0 Å². The van der Waals surface area contributed by atoms with Crippen LogP contribution in [0.25, 0.3) is 11.2 Å². The van der Waals surface area contributed by atoms with Gasteiger partial charge < -0.3 is 32.3 Å². The molecule has 0 spiro atoms. The number of aromatic nitrogens is 4. The second-order valence-corrected chi connectivity index (χ2v) is 7.67. The van der Waals surface area contributed by atoms with Gasteiger partial charge in [-0.15, -0.1) is 0 Å². The summed E-state index contributed by atoms with van der Waals surface area (Å²) in [6.07, 6.45) is 0.840. The Bertz CT molecular complexity index is 1270. The van der Waals surface area contributed by atoms with E-state index in [-0.39, 0.29) is 42.1 Å². The predicted octanol–water partition coefficient (Wildman–Crippen LogP) is -0.170. The molecule has 9 N–H and O–H groups in total. The van der Waals surface area contributed by atoms with E-state index in [9.17, 15) is 19.2 Å². The first-order valence-electron chi connectivity index (χ1n) is 10.6. The molecule has 1 amide bonds. The number of benzene rings is 1. The summed E-state index contributed by atoms with van der Waals surface area (Å²) in [6.45, 7) is 0.914. The van der Waals surface area contributed by atoms with Crippen LogP contribution in [0.15, 0.2) is 35.3 Å². The SMILES string of the molecule is NCCS.Nc1nc2ncc(CNc3ccc(C(=O)NC(CCC(=O)O)C(=O)O)cc3)nc2c(=O)[nH]1. The number of carboxylic acid groups (broad SMARTS) is 2. The highest BCUT2D eigenvalue weighted by Gasteiger charge is 2.21. The normalized spacial score (nSPS) is 11.2. The number of anilines is 2. The first kappa shape index (κ1) is 28.0. The van der Waals surface area contributed by atoms with Gasteiger partial charge in [-0.1, -0.05) is 0 Å². The molecule has 0 bridgehead atoms.